The summed E-state index contributed by atoms with van der Waals surface area (Å²) in [5, 5.41) is 0.993. The molecule has 5 rings (SSSR count). The van der Waals surface area contributed by atoms with Gasteiger partial charge in [-0.2, -0.15) is 0 Å². The van der Waals surface area contributed by atoms with Crippen LogP contribution in [0.15, 0.2) is 73.1 Å². The van der Waals surface area contributed by atoms with Crippen LogP contribution in [0.1, 0.15) is 21.6 Å². The van der Waals surface area contributed by atoms with Crippen LogP contribution in [0.3, 0.4) is 0 Å². The van der Waals surface area contributed by atoms with Crippen molar-refractivity contribution in [2.45, 2.75) is 19.4 Å². The minimum Gasteiger partial charge on any atom is -0.351 e. The predicted molar refractivity (Wildman–Crippen MR) is 129 cm³/mol. The third-order valence-corrected chi connectivity index (χ3v) is 6.36. The van der Waals surface area contributed by atoms with Crippen molar-refractivity contribution in [1.82, 2.24) is 19.8 Å². The molecule has 4 aromatic rings. The molecule has 1 atom stereocenters. The molecule has 0 bridgehead atoms. The molecule has 1 N–H and O–H groups in total. The summed E-state index contributed by atoms with van der Waals surface area (Å²) >= 11 is 0. The van der Waals surface area contributed by atoms with Gasteiger partial charge in [0.2, 0.25) is 5.91 Å². The highest BCUT2D eigenvalue weighted by atomic mass is 16.2. The van der Waals surface area contributed by atoms with Crippen LogP contribution in [-0.4, -0.2) is 57.8 Å². The van der Waals surface area contributed by atoms with E-state index in [4.69, 9.17) is 0 Å². The summed E-state index contributed by atoms with van der Waals surface area (Å²) in [6.45, 7) is 3.06. The fraction of sp³-hybridized carbons (Fsp3) is 0.222. The molecule has 0 saturated carbocycles. The summed E-state index contributed by atoms with van der Waals surface area (Å²) in [4.78, 5) is 37.4. The van der Waals surface area contributed by atoms with Gasteiger partial charge < -0.3 is 14.8 Å². The Hall–Kier alpha value is -3.93. The van der Waals surface area contributed by atoms with Gasteiger partial charge in [-0.05, 0) is 47.4 Å². The summed E-state index contributed by atoms with van der Waals surface area (Å²) in [5.41, 5.74) is 5.71. The highest BCUT2D eigenvalue weighted by molar-refractivity contribution is 6.00. The molecule has 2 amide bonds. The van der Waals surface area contributed by atoms with Gasteiger partial charge in [-0.25, -0.2) is 0 Å². The van der Waals surface area contributed by atoms with Crippen LogP contribution in [0.25, 0.3) is 22.0 Å². The highest BCUT2D eigenvalue weighted by Gasteiger charge is 2.36. The number of carbonyl (C=O) groups is 2. The number of nitrogens with one attached hydrogen (secondary N) is 1. The van der Waals surface area contributed by atoms with Crippen LogP contribution < -0.4 is 0 Å². The van der Waals surface area contributed by atoms with Crippen molar-refractivity contribution in [3.63, 3.8) is 0 Å². The van der Waals surface area contributed by atoms with E-state index < -0.39 is 6.04 Å². The van der Waals surface area contributed by atoms with Crippen LogP contribution in [-0.2, 0) is 11.2 Å². The molecule has 1 unspecified atom stereocenters. The number of benzene rings is 2. The number of aryl methyl sites for hydroxylation is 1. The Balaban J connectivity index is 1.40. The van der Waals surface area contributed by atoms with Gasteiger partial charge in [0.1, 0.15) is 11.7 Å². The molecule has 2 aromatic heterocycles. The van der Waals surface area contributed by atoms with Gasteiger partial charge in [0.25, 0.3) is 5.91 Å². The number of rotatable bonds is 4. The zero-order chi connectivity index (χ0) is 22.9. The minimum atomic E-state index is -0.534. The van der Waals surface area contributed by atoms with Gasteiger partial charge in [0, 0.05) is 49.9 Å². The van der Waals surface area contributed by atoms with Gasteiger partial charge in [-0.1, -0.05) is 42.5 Å². The van der Waals surface area contributed by atoms with Crippen molar-refractivity contribution in [1.29, 1.82) is 0 Å². The molecule has 6 nitrogen and oxygen atoms in total. The quantitative estimate of drug-likeness (QED) is 0.522. The number of carbonyl (C=O) groups excluding carboxylic acids is 2. The highest BCUT2D eigenvalue weighted by Crippen LogP contribution is 2.24. The molecule has 1 saturated heterocycles. The summed E-state index contributed by atoms with van der Waals surface area (Å²) in [5.74, 6) is -0.167. The Morgan fingerprint density at radius 1 is 1.06 bits per heavy atom. The second-order valence-electron chi connectivity index (χ2n) is 8.69. The largest absolute Gasteiger partial charge is 0.351 e. The molecule has 0 aliphatic carbocycles. The number of likely N-dealkylation sites (N-methyl/N-ethyl adjacent to an activating group) is 1. The number of hydrogen-bond donors (Lipinski definition) is 1. The zero-order valence-corrected chi connectivity index (χ0v) is 18.8. The summed E-state index contributed by atoms with van der Waals surface area (Å²) in [6.07, 6.45) is 4.06. The van der Waals surface area contributed by atoms with Crippen LogP contribution in [0.4, 0.5) is 0 Å². The average molecular weight is 439 g/mol. The summed E-state index contributed by atoms with van der Waals surface area (Å²) in [7, 11) is 1.80. The fourth-order valence-corrected chi connectivity index (χ4v) is 4.45. The maximum absolute atomic E-state index is 13.5. The van der Waals surface area contributed by atoms with E-state index in [2.05, 4.69) is 9.97 Å². The molecule has 33 heavy (non-hydrogen) atoms. The van der Waals surface area contributed by atoms with E-state index in [1.54, 1.807) is 23.0 Å². The fourth-order valence-electron chi connectivity index (χ4n) is 4.45. The number of H-pyrrole nitrogens is 1. The monoisotopic (exact) mass is 438 g/mol. The Morgan fingerprint density at radius 2 is 1.88 bits per heavy atom. The second-order valence-corrected chi connectivity index (χ2v) is 8.69. The predicted octanol–water partition coefficient (Wildman–Crippen LogP) is 4.06. The van der Waals surface area contributed by atoms with E-state index in [1.165, 1.54) is 0 Å². The second kappa shape index (κ2) is 8.54. The Kier molecular flexibility index (Phi) is 5.42. The molecule has 1 aliphatic heterocycles. The Bertz CT molecular complexity index is 1310. The normalized spacial score (nSPS) is 16.4. The smallest absolute Gasteiger partial charge is 0.271 e. The van der Waals surface area contributed by atoms with Crippen LogP contribution in [0.5, 0.6) is 0 Å². The van der Waals surface area contributed by atoms with Crippen LogP contribution >= 0.6 is 0 Å². The molecule has 0 spiro atoms. The van der Waals surface area contributed by atoms with Crippen molar-refractivity contribution < 1.29 is 9.59 Å². The zero-order valence-electron chi connectivity index (χ0n) is 18.8. The Morgan fingerprint density at radius 3 is 2.64 bits per heavy atom. The van der Waals surface area contributed by atoms with E-state index >= 15 is 0 Å². The maximum Gasteiger partial charge on any atom is 0.271 e. The first-order chi connectivity index (χ1) is 16.0. The molecule has 0 radical (unpaired) electrons. The van der Waals surface area contributed by atoms with E-state index in [0.29, 0.717) is 25.2 Å². The first kappa shape index (κ1) is 20.9. The molecule has 166 valence electrons. The number of aromatic amines is 1. The minimum absolute atomic E-state index is 0.0297. The van der Waals surface area contributed by atoms with Crippen LogP contribution in [0, 0.1) is 6.92 Å². The third kappa shape index (κ3) is 4.12. The van der Waals surface area contributed by atoms with E-state index in [1.807, 2.05) is 73.8 Å². The van der Waals surface area contributed by atoms with Crippen LogP contribution in [0.2, 0.25) is 0 Å². The number of aromatic nitrogens is 2. The van der Waals surface area contributed by atoms with Gasteiger partial charge in [0.05, 0.1) is 0 Å². The number of pyridine rings is 1. The van der Waals surface area contributed by atoms with E-state index in [-0.39, 0.29) is 11.8 Å². The number of nitrogens with zero attached hydrogens (tertiary/aromatic N) is 3. The standard InChI is InChI=1S/C27H26N4O2/c1-18-5-8-21-16-24(29-23(21)14-18)26(32)31-13-12-30(2)27(33)25(31)15-19-6-9-20(10-7-19)22-4-3-11-28-17-22/h3-11,14,16-17,25,29H,12-13,15H2,1-2H3. The molecular weight excluding hydrogens is 412 g/mol. The van der Waals surface area contributed by atoms with Gasteiger partial charge in [-0.3, -0.25) is 14.6 Å². The van der Waals surface area contributed by atoms with Crippen molar-refractivity contribution in [2.24, 2.45) is 0 Å². The lowest BCUT2D eigenvalue weighted by molar-refractivity contribution is -0.138. The first-order valence-electron chi connectivity index (χ1n) is 11.1. The molecular formula is C27H26N4O2. The SMILES string of the molecule is Cc1ccc2cc(C(=O)N3CCN(C)C(=O)C3Cc3ccc(-c4cccnc4)cc3)[nH]c2c1. The topological polar surface area (TPSA) is 69.3 Å². The van der Waals surface area contributed by atoms with E-state index in [0.717, 1.165) is 33.2 Å². The Labute approximate surface area is 192 Å². The van der Waals surface area contributed by atoms with Gasteiger partial charge in [-0.15, -0.1) is 0 Å². The van der Waals surface area contributed by atoms with Gasteiger partial charge >= 0.3 is 0 Å². The number of piperazine rings is 1. The maximum atomic E-state index is 13.5. The van der Waals surface area contributed by atoms with Gasteiger partial charge in [0.15, 0.2) is 0 Å². The lowest BCUT2D eigenvalue weighted by Crippen LogP contribution is -2.58. The van der Waals surface area contributed by atoms with Crippen molar-refractivity contribution >= 4 is 22.7 Å². The lowest BCUT2D eigenvalue weighted by Gasteiger charge is -2.39. The van der Waals surface area contributed by atoms with Crippen molar-refractivity contribution in [3.05, 3.63) is 89.9 Å². The molecule has 6 heteroatoms. The lowest BCUT2D eigenvalue weighted by atomic mass is 9.98. The van der Waals surface area contributed by atoms with Crippen molar-refractivity contribution in [3.8, 4) is 11.1 Å². The average Bonchev–Trinajstić information content (AvgIpc) is 3.26. The van der Waals surface area contributed by atoms with Crippen molar-refractivity contribution in [2.75, 3.05) is 20.1 Å². The summed E-state index contributed by atoms with van der Waals surface area (Å²) < 4.78 is 0. The number of amides is 2. The first-order valence-corrected chi connectivity index (χ1v) is 11.1. The third-order valence-electron chi connectivity index (χ3n) is 6.36. The number of hydrogen-bond acceptors (Lipinski definition) is 3. The molecule has 1 fully saturated rings. The summed E-state index contributed by atoms with van der Waals surface area (Å²) in [6, 6.07) is 19.5. The molecule has 3 heterocycles. The molecule has 1 aliphatic rings. The van der Waals surface area contributed by atoms with E-state index in [9.17, 15) is 9.59 Å². The molecule has 2 aromatic carbocycles. The number of fused-ring (bicyclic) bond motifs is 1.